The quantitative estimate of drug-likeness (QED) is 0.460. The Hall–Kier alpha value is -2.36. The Kier molecular flexibility index (Phi) is 4.03. The van der Waals surface area contributed by atoms with E-state index in [1.165, 1.54) is 24.3 Å². The molecule has 2 rings (SSSR count). The Morgan fingerprint density at radius 1 is 0.900 bits per heavy atom. The molecular formula is C16H11F3O. The third-order valence-corrected chi connectivity index (χ3v) is 2.81. The normalized spacial score (nSPS) is 12.2. The van der Waals surface area contributed by atoms with Gasteiger partial charge in [-0.2, -0.15) is 13.2 Å². The molecule has 0 spiro atoms. The molecular weight excluding hydrogens is 265 g/mol. The number of rotatable bonds is 3. The van der Waals surface area contributed by atoms with E-state index in [9.17, 15) is 18.0 Å². The van der Waals surface area contributed by atoms with Gasteiger partial charge in [0, 0.05) is 5.57 Å². The maximum Gasteiger partial charge on any atom is 0.416 e. The number of allylic oxidation sites excluding steroid dienone is 1. The van der Waals surface area contributed by atoms with Crippen molar-refractivity contribution < 1.29 is 18.0 Å². The zero-order valence-electron chi connectivity index (χ0n) is 10.4. The van der Waals surface area contributed by atoms with Crippen LogP contribution in [-0.4, -0.2) is 6.29 Å². The molecule has 102 valence electrons. The highest BCUT2D eigenvalue weighted by Crippen LogP contribution is 2.33. The summed E-state index contributed by atoms with van der Waals surface area (Å²) in [6.07, 6.45) is -2.63. The van der Waals surface area contributed by atoms with Gasteiger partial charge in [-0.15, -0.1) is 0 Å². The average molecular weight is 276 g/mol. The molecule has 0 saturated carbocycles. The van der Waals surface area contributed by atoms with Crippen LogP contribution in [0.25, 0.3) is 11.6 Å². The third kappa shape index (κ3) is 3.15. The van der Waals surface area contributed by atoms with Crippen LogP contribution in [0.4, 0.5) is 13.2 Å². The molecule has 2 aromatic rings. The second-order valence-electron chi connectivity index (χ2n) is 4.17. The molecule has 0 N–H and O–H groups in total. The summed E-state index contributed by atoms with van der Waals surface area (Å²) in [5.41, 5.74) is 0.0167. The molecule has 0 unspecified atom stereocenters. The van der Waals surface area contributed by atoms with E-state index >= 15 is 0 Å². The lowest BCUT2D eigenvalue weighted by Gasteiger charge is -2.10. The SMILES string of the molecule is O=C/C(=C\c1ccccc1C(F)(F)F)c1ccccc1. The Morgan fingerprint density at radius 2 is 1.50 bits per heavy atom. The number of aldehydes is 1. The molecule has 0 amide bonds. The van der Waals surface area contributed by atoms with Crippen molar-refractivity contribution in [1.29, 1.82) is 0 Å². The van der Waals surface area contributed by atoms with Crippen LogP contribution in [0.1, 0.15) is 16.7 Å². The first-order valence-corrected chi connectivity index (χ1v) is 5.91. The van der Waals surface area contributed by atoms with Gasteiger partial charge in [0.15, 0.2) is 6.29 Å². The predicted octanol–water partition coefficient (Wildman–Crippen LogP) is 4.44. The molecule has 1 nitrogen and oxygen atoms in total. The van der Waals surface area contributed by atoms with E-state index in [-0.39, 0.29) is 11.1 Å². The Balaban J connectivity index is 2.52. The molecule has 0 aliphatic rings. The monoisotopic (exact) mass is 276 g/mol. The standard InChI is InChI=1S/C16H11F3O/c17-16(18,19)15-9-5-4-8-13(15)10-14(11-20)12-6-2-1-3-7-12/h1-11H/b14-10+. The molecule has 0 aromatic heterocycles. The Labute approximate surface area is 114 Å². The first-order chi connectivity index (χ1) is 9.52. The van der Waals surface area contributed by atoms with Gasteiger partial charge < -0.3 is 0 Å². The molecule has 4 heteroatoms. The average Bonchev–Trinajstić information content (AvgIpc) is 2.45. The highest BCUT2D eigenvalue weighted by atomic mass is 19.4. The number of alkyl halides is 3. The van der Waals surface area contributed by atoms with Crippen molar-refractivity contribution >= 4 is 17.9 Å². The van der Waals surface area contributed by atoms with Crippen molar-refractivity contribution in [2.24, 2.45) is 0 Å². The Bertz CT molecular complexity index is 628. The van der Waals surface area contributed by atoms with Crippen LogP contribution in [0.5, 0.6) is 0 Å². The van der Waals surface area contributed by atoms with Crippen molar-refractivity contribution in [3.63, 3.8) is 0 Å². The molecule has 0 radical (unpaired) electrons. The molecule has 0 heterocycles. The molecule has 0 bridgehead atoms. The molecule has 0 aliphatic heterocycles. The summed E-state index contributed by atoms with van der Waals surface area (Å²) in [6.45, 7) is 0. The summed E-state index contributed by atoms with van der Waals surface area (Å²) in [5.74, 6) is 0. The largest absolute Gasteiger partial charge is 0.416 e. The number of hydrogen-bond acceptors (Lipinski definition) is 1. The van der Waals surface area contributed by atoms with Gasteiger partial charge in [-0.05, 0) is 23.3 Å². The van der Waals surface area contributed by atoms with E-state index in [0.717, 1.165) is 6.07 Å². The van der Waals surface area contributed by atoms with E-state index < -0.39 is 11.7 Å². The van der Waals surface area contributed by atoms with Crippen LogP contribution < -0.4 is 0 Å². The molecule has 2 aromatic carbocycles. The second kappa shape index (κ2) is 5.74. The third-order valence-electron chi connectivity index (χ3n) is 2.81. The molecule has 0 atom stereocenters. The van der Waals surface area contributed by atoms with E-state index in [1.54, 1.807) is 30.3 Å². The van der Waals surface area contributed by atoms with E-state index in [1.807, 2.05) is 0 Å². The van der Waals surface area contributed by atoms with Crippen LogP contribution in [0.2, 0.25) is 0 Å². The maximum absolute atomic E-state index is 12.9. The van der Waals surface area contributed by atoms with Gasteiger partial charge in [0.2, 0.25) is 0 Å². The minimum Gasteiger partial charge on any atom is -0.298 e. The first kappa shape index (κ1) is 14.1. The summed E-state index contributed by atoms with van der Waals surface area (Å²) in [7, 11) is 0. The fraction of sp³-hybridized carbons (Fsp3) is 0.0625. The molecule has 0 saturated heterocycles. The van der Waals surface area contributed by atoms with Gasteiger partial charge in [-0.25, -0.2) is 0 Å². The minimum absolute atomic E-state index is 0.0223. The van der Waals surface area contributed by atoms with Gasteiger partial charge in [-0.3, -0.25) is 4.79 Å². The minimum atomic E-state index is -4.45. The predicted molar refractivity (Wildman–Crippen MR) is 71.8 cm³/mol. The fourth-order valence-corrected chi connectivity index (χ4v) is 1.86. The lowest BCUT2D eigenvalue weighted by molar-refractivity contribution is -0.137. The van der Waals surface area contributed by atoms with Crippen LogP contribution in [0.15, 0.2) is 54.6 Å². The van der Waals surface area contributed by atoms with E-state index in [2.05, 4.69) is 0 Å². The van der Waals surface area contributed by atoms with Gasteiger partial charge in [0.25, 0.3) is 0 Å². The zero-order valence-corrected chi connectivity index (χ0v) is 10.4. The second-order valence-corrected chi connectivity index (χ2v) is 4.17. The highest BCUT2D eigenvalue weighted by molar-refractivity contribution is 6.13. The Morgan fingerprint density at radius 3 is 2.10 bits per heavy atom. The van der Waals surface area contributed by atoms with Crippen molar-refractivity contribution in [3.8, 4) is 0 Å². The van der Waals surface area contributed by atoms with Crippen molar-refractivity contribution in [2.75, 3.05) is 0 Å². The van der Waals surface area contributed by atoms with Crippen molar-refractivity contribution in [1.82, 2.24) is 0 Å². The van der Waals surface area contributed by atoms with Crippen LogP contribution in [0, 0.1) is 0 Å². The lowest BCUT2D eigenvalue weighted by atomic mass is 10.0. The maximum atomic E-state index is 12.9. The van der Waals surface area contributed by atoms with Crippen LogP contribution in [-0.2, 0) is 11.0 Å². The summed E-state index contributed by atoms with van der Waals surface area (Å²) in [4.78, 5) is 11.1. The van der Waals surface area contributed by atoms with Crippen LogP contribution >= 0.6 is 0 Å². The topological polar surface area (TPSA) is 17.1 Å². The van der Waals surface area contributed by atoms with Crippen LogP contribution in [0.3, 0.4) is 0 Å². The smallest absolute Gasteiger partial charge is 0.298 e. The van der Waals surface area contributed by atoms with Gasteiger partial charge in [-0.1, -0.05) is 48.5 Å². The first-order valence-electron chi connectivity index (χ1n) is 5.91. The lowest BCUT2D eigenvalue weighted by Crippen LogP contribution is -2.07. The fourth-order valence-electron chi connectivity index (χ4n) is 1.86. The summed E-state index contributed by atoms with van der Waals surface area (Å²) < 4.78 is 38.7. The summed E-state index contributed by atoms with van der Waals surface area (Å²) in [6, 6.07) is 13.7. The number of halogens is 3. The van der Waals surface area contributed by atoms with Crippen molar-refractivity contribution in [3.05, 3.63) is 71.3 Å². The zero-order chi connectivity index (χ0) is 14.6. The summed E-state index contributed by atoms with van der Waals surface area (Å²) >= 11 is 0. The number of carbonyl (C=O) groups is 1. The summed E-state index contributed by atoms with van der Waals surface area (Å²) in [5, 5.41) is 0. The van der Waals surface area contributed by atoms with E-state index in [0.29, 0.717) is 11.8 Å². The number of carbonyl (C=O) groups excluding carboxylic acids is 1. The molecule has 0 aliphatic carbocycles. The number of benzene rings is 2. The highest BCUT2D eigenvalue weighted by Gasteiger charge is 2.32. The molecule has 0 fully saturated rings. The van der Waals surface area contributed by atoms with Gasteiger partial charge in [0.1, 0.15) is 0 Å². The van der Waals surface area contributed by atoms with Gasteiger partial charge in [0.05, 0.1) is 5.56 Å². The molecule has 20 heavy (non-hydrogen) atoms. The van der Waals surface area contributed by atoms with E-state index in [4.69, 9.17) is 0 Å². The number of hydrogen-bond donors (Lipinski definition) is 0. The van der Waals surface area contributed by atoms with Gasteiger partial charge >= 0.3 is 6.18 Å². The van der Waals surface area contributed by atoms with Crippen molar-refractivity contribution in [2.45, 2.75) is 6.18 Å².